The van der Waals surface area contributed by atoms with Crippen molar-refractivity contribution in [2.75, 3.05) is 0 Å². The van der Waals surface area contributed by atoms with E-state index in [1.807, 2.05) is 102 Å². The Hall–Kier alpha value is -3.48. The summed E-state index contributed by atoms with van der Waals surface area (Å²) in [5.41, 5.74) is 4.49. The Morgan fingerprint density at radius 2 is 1.45 bits per heavy atom. The van der Waals surface area contributed by atoms with Gasteiger partial charge in [-0.1, -0.05) is 91.0 Å². The Labute approximate surface area is 182 Å². The molecule has 1 N–H and O–H groups in total. The Bertz CT molecular complexity index is 1250. The maximum atomic E-state index is 12.5. The van der Waals surface area contributed by atoms with Crippen LogP contribution in [-0.4, -0.2) is 18.2 Å². The highest BCUT2D eigenvalue weighted by atomic mass is 32.2. The van der Waals surface area contributed by atoms with Crippen LogP contribution in [0.15, 0.2) is 103 Å². The number of benzene rings is 3. The van der Waals surface area contributed by atoms with Crippen molar-refractivity contribution in [3.8, 4) is 11.3 Å². The molecular formula is C25H23N3O2S. The van der Waals surface area contributed by atoms with Gasteiger partial charge in [-0.25, -0.2) is 13.1 Å². The van der Waals surface area contributed by atoms with Gasteiger partial charge in [-0.3, -0.25) is 4.68 Å². The number of hydrogen-bond acceptors (Lipinski definition) is 3. The summed E-state index contributed by atoms with van der Waals surface area (Å²) < 4.78 is 29.5. The van der Waals surface area contributed by atoms with Crippen LogP contribution < -0.4 is 4.72 Å². The predicted octanol–water partition coefficient (Wildman–Crippen LogP) is 4.69. The smallest absolute Gasteiger partial charge is 0.234 e. The summed E-state index contributed by atoms with van der Waals surface area (Å²) in [5, 5.41) is 5.93. The maximum Gasteiger partial charge on any atom is 0.234 e. The molecule has 0 saturated heterocycles. The third kappa shape index (κ3) is 5.78. The Morgan fingerprint density at radius 3 is 2.13 bits per heavy atom. The van der Waals surface area contributed by atoms with Crippen molar-refractivity contribution in [1.29, 1.82) is 0 Å². The molecular weight excluding hydrogens is 406 g/mol. The van der Waals surface area contributed by atoms with Gasteiger partial charge >= 0.3 is 0 Å². The number of nitrogens with one attached hydrogen (secondary N) is 1. The summed E-state index contributed by atoms with van der Waals surface area (Å²) in [4.78, 5) is 0. The zero-order valence-corrected chi connectivity index (χ0v) is 17.7. The topological polar surface area (TPSA) is 64.0 Å². The molecule has 31 heavy (non-hydrogen) atoms. The first-order chi connectivity index (χ1) is 15.1. The summed E-state index contributed by atoms with van der Waals surface area (Å²) >= 11 is 0. The highest BCUT2D eigenvalue weighted by molar-refractivity contribution is 7.92. The van der Waals surface area contributed by atoms with E-state index in [1.54, 1.807) is 6.08 Å². The lowest BCUT2D eigenvalue weighted by Gasteiger charge is -2.04. The molecule has 6 heteroatoms. The molecule has 156 valence electrons. The van der Waals surface area contributed by atoms with Crippen LogP contribution in [0.4, 0.5) is 0 Å². The second-order valence-electron chi connectivity index (χ2n) is 7.13. The van der Waals surface area contributed by atoms with Crippen molar-refractivity contribution in [1.82, 2.24) is 14.5 Å². The minimum absolute atomic E-state index is 0.153. The van der Waals surface area contributed by atoms with Crippen molar-refractivity contribution in [2.45, 2.75) is 13.1 Å². The summed E-state index contributed by atoms with van der Waals surface area (Å²) in [7, 11) is -3.59. The molecule has 0 bridgehead atoms. The highest BCUT2D eigenvalue weighted by Crippen LogP contribution is 2.22. The van der Waals surface area contributed by atoms with Crippen LogP contribution in [0.1, 0.15) is 16.7 Å². The molecule has 0 unspecified atom stereocenters. The predicted molar refractivity (Wildman–Crippen MR) is 124 cm³/mol. The highest BCUT2D eigenvalue weighted by Gasteiger charge is 2.14. The second-order valence-corrected chi connectivity index (χ2v) is 8.78. The van der Waals surface area contributed by atoms with Gasteiger partial charge in [0.25, 0.3) is 0 Å². The van der Waals surface area contributed by atoms with Crippen LogP contribution in [0.3, 0.4) is 0 Å². The van der Waals surface area contributed by atoms with E-state index in [0.29, 0.717) is 6.54 Å². The zero-order valence-electron chi connectivity index (χ0n) is 16.9. The minimum Gasteiger partial charge on any atom is -0.267 e. The third-order valence-corrected chi connectivity index (χ3v) is 5.82. The van der Waals surface area contributed by atoms with E-state index in [4.69, 9.17) is 5.10 Å². The molecule has 4 aromatic rings. The molecule has 0 saturated carbocycles. The van der Waals surface area contributed by atoms with E-state index in [-0.39, 0.29) is 6.54 Å². The minimum atomic E-state index is -3.59. The second kappa shape index (κ2) is 9.55. The third-order valence-electron chi connectivity index (χ3n) is 4.78. The van der Waals surface area contributed by atoms with Crippen molar-refractivity contribution >= 4 is 16.1 Å². The first kappa shape index (κ1) is 20.8. The summed E-state index contributed by atoms with van der Waals surface area (Å²) in [6, 6.07) is 29.2. The molecule has 0 aliphatic heterocycles. The monoisotopic (exact) mass is 429 g/mol. The maximum absolute atomic E-state index is 12.5. The molecule has 0 radical (unpaired) electrons. The molecule has 0 fully saturated rings. The van der Waals surface area contributed by atoms with Crippen LogP contribution in [0.5, 0.6) is 0 Å². The number of nitrogens with zero attached hydrogens (tertiary/aromatic N) is 2. The number of rotatable bonds is 8. The van der Waals surface area contributed by atoms with Gasteiger partial charge < -0.3 is 0 Å². The average Bonchev–Trinajstić information content (AvgIpc) is 3.21. The van der Waals surface area contributed by atoms with Crippen molar-refractivity contribution in [3.05, 3.63) is 119 Å². The van der Waals surface area contributed by atoms with Crippen LogP contribution in [-0.2, 0) is 23.1 Å². The first-order valence-corrected chi connectivity index (χ1v) is 11.5. The van der Waals surface area contributed by atoms with Crippen LogP contribution in [0.25, 0.3) is 17.3 Å². The molecule has 0 spiro atoms. The lowest BCUT2D eigenvalue weighted by atomic mass is 10.1. The fourth-order valence-electron chi connectivity index (χ4n) is 3.24. The van der Waals surface area contributed by atoms with Gasteiger partial charge in [0.15, 0.2) is 0 Å². The molecule has 0 aliphatic rings. The van der Waals surface area contributed by atoms with E-state index in [1.165, 1.54) is 5.41 Å². The lowest BCUT2D eigenvalue weighted by molar-refractivity contribution is 0.590. The zero-order chi connectivity index (χ0) is 21.5. The molecule has 0 amide bonds. The quantitative estimate of drug-likeness (QED) is 0.442. The first-order valence-electron chi connectivity index (χ1n) is 9.97. The van der Waals surface area contributed by atoms with Gasteiger partial charge in [0.1, 0.15) is 0 Å². The van der Waals surface area contributed by atoms with E-state index in [9.17, 15) is 8.42 Å². The Balaban J connectivity index is 1.55. The molecule has 0 aliphatic carbocycles. The van der Waals surface area contributed by atoms with E-state index in [2.05, 4.69) is 4.72 Å². The van der Waals surface area contributed by atoms with Crippen LogP contribution in [0.2, 0.25) is 0 Å². The molecule has 5 nitrogen and oxygen atoms in total. The van der Waals surface area contributed by atoms with Gasteiger partial charge in [-0.05, 0) is 17.2 Å². The summed E-state index contributed by atoms with van der Waals surface area (Å²) in [6.45, 7) is 0.766. The summed E-state index contributed by atoms with van der Waals surface area (Å²) in [6.07, 6.45) is 3.48. The average molecular weight is 430 g/mol. The van der Waals surface area contributed by atoms with Crippen LogP contribution in [0, 0.1) is 0 Å². The molecule has 4 rings (SSSR count). The lowest BCUT2D eigenvalue weighted by Crippen LogP contribution is -2.20. The van der Waals surface area contributed by atoms with Gasteiger partial charge in [0.2, 0.25) is 10.0 Å². The fraction of sp³-hybridized carbons (Fsp3) is 0.0800. The molecule has 3 aromatic carbocycles. The number of hydrogen-bond donors (Lipinski definition) is 1. The van der Waals surface area contributed by atoms with E-state index < -0.39 is 10.0 Å². The van der Waals surface area contributed by atoms with E-state index >= 15 is 0 Å². The Kier molecular flexibility index (Phi) is 6.40. The Morgan fingerprint density at radius 1 is 0.839 bits per heavy atom. The largest absolute Gasteiger partial charge is 0.267 e. The number of aromatic nitrogens is 2. The number of sulfonamides is 1. The van der Waals surface area contributed by atoms with Gasteiger partial charge in [0, 0.05) is 29.3 Å². The van der Waals surface area contributed by atoms with Crippen molar-refractivity contribution in [2.24, 2.45) is 0 Å². The van der Waals surface area contributed by atoms with Crippen LogP contribution >= 0.6 is 0 Å². The van der Waals surface area contributed by atoms with E-state index in [0.717, 1.165) is 27.9 Å². The molecule has 1 heterocycles. The van der Waals surface area contributed by atoms with Gasteiger partial charge in [0.05, 0.1) is 12.2 Å². The molecule has 1 aromatic heterocycles. The summed E-state index contributed by atoms with van der Waals surface area (Å²) in [5.74, 6) is 0. The SMILES string of the molecule is O=S(=O)(/C=C/c1ccccc1)NCc1cn(Cc2ccccc2)nc1-c1ccccc1. The normalized spacial score (nSPS) is 11.7. The van der Waals surface area contributed by atoms with Gasteiger partial charge in [-0.15, -0.1) is 0 Å². The van der Waals surface area contributed by atoms with Gasteiger partial charge in [-0.2, -0.15) is 5.10 Å². The standard InChI is InChI=1S/C25H23N3O2S/c29-31(30,17-16-21-10-4-1-5-11-21)26-18-24-20-28(19-22-12-6-2-7-13-22)27-25(24)23-14-8-3-9-15-23/h1-17,20,26H,18-19H2/b17-16+. The fourth-order valence-corrected chi connectivity index (χ4v) is 4.03. The van der Waals surface area contributed by atoms with Crippen molar-refractivity contribution in [3.63, 3.8) is 0 Å². The molecule has 0 atom stereocenters. The van der Waals surface area contributed by atoms with Crippen molar-refractivity contribution < 1.29 is 8.42 Å².